The summed E-state index contributed by atoms with van der Waals surface area (Å²) in [6.07, 6.45) is 2.31. The summed E-state index contributed by atoms with van der Waals surface area (Å²) in [5.74, 6) is 0.118. The summed E-state index contributed by atoms with van der Waals surface area (Å²) >= 11 is 1.64. The zero-order chi connectivity index (χ0) is 15.2. The van der Waals surface area contributed by atoms with Crippen molar-refractivity contribution in [3.8, 4) is 0 Å². The first kappa shape index (κ1) is 15.4. The predicted molar refractivity (Wildman–Crippen MR) is 81.8 cm³/mol. The molecule has 0 radical (unpaired) electrons. The molecular weight excluding hydrogens is 288 g/mol. The van der Waals surface area contributed by atoms with Gasteiger partial charge in [0.15, 0.2) is 0 Å². The van der Waals surface area contributed by atoms with E-state index in [0.29, 0.717) is 30.4 Å². The summed E-state index contributed by atoms with van der Waals surface area (Å²) in [4.78, 5) is 24.5. The summed E-state index contributed by atoms with van der Waals surface area (Å²) < 4.78 is 4.94. The summed E-state index contributed by atoms with van der Waals surface area (Å²) in [6.45, 7) is 6.56. The smallest absolute Gasteiger partial charge is 0.341 e. The lowest BCUT2D eigenvalue weighted by Crippen LogP contribution is -2.12. The topological polar surface area (TPSA) is 77.0 Å². The average molecular weight is 306 g/mol. The minimum absolute atomic E-state index is 0.339. The Kier molecular flexibility index (Phi) is 5.21. The van der Waals surface area contributed by atoms with E-state index < -0.39 is 0 Å². The predicted octanol–water partition coefficient (Wildman–Crippen LogP) is 2.38. The van der Waals surface area contributed by atoms with Crippen molar-refractivity contribution in [3.05, 3.63) is 33.5 Å². The molecule has 2 aromatic rings. The quantitative estimate of drug-likeness (QED) is 0.826. The van der Waals surface area contributed by atoms with Crippen molar-refractivity contribution in [3.63, 3.8) is 0 Å². The molecule has 6 nitrogen and oxygen atoms in total. The van der Waals surface area contributed by atoms with Gasteiger partial charge in [-0.05, 0) is 20.8 Å². The van der Waals surface area contributed by atoms with Crippen molar-refractivity contribution in [2.24, 2.45) is 0 Å². The largest absolute Gasteiger partial charge is 0.462 e. The molecule has 2 rings (SSSR count). The third-order valence-corrected chi connectivity index (χ3v) is 3.63. The Bertz CT molecular complexity index is 627. The Morgan fingerprint density at radius 1 is 1.38 bits per heavy atom. The van der Waals surface area contributed by atoms with Crippen molar-refractivity contribution < 1.29 is 9.53 Å². The van der Waals surface area contributed by atoms with Crippen LogP contribution in [0.3, 0.4) is 0 Å². The number of esters is 1. The molecule has 21 heavy (non-hydrogen) atoms. The lowest BCUT2D eigenvalue weighted by molar-refractivity contribution is 0.0524. The van der Waals surface area contributed by atoms with Gasteiger partial charge < -0.3 is 10.1 Å². The third-order valence-electron chi connectivity index (χ3n) is 2.81. The van der Waals surface area contributed by atoms with Gasteiger partial charge in [-0.25, -0.2) is 19.7 Å². The molecule has 0 aliphatic rings. The lowest BCUT2D eigenvalue weighted by atomic mass is 10.2. The summed E-state index contributed by atoms with van der Waals surface area (Å²) in [6, 6.07) is 0. The number of carbonyl (C=O) groups excluding carboxylic acids is 1. The fourth-order valence-electron chi connectivity index (χ4n) is 1.79. The van der Waals surface area contributed by atoms with Crippen LogP contribution in [0.1, 0.15) is 33.7 Å². The minimum Gasteiger partial charge on any atom is -0.462 e. The van der Waals surface area contributed by atoms with Gasteiger partial charge in [-0.2, -0.15) is 0 Å². The van der Waals surface area contributed by atoms with Crippen molar-refractivity contribution in [1.82, 2.24) is 15.0 Å². The van der Waals surface area contributed by atoms with Crippen LogP contribution in [0, 0.1) is 13.8 Å². The van der Waals surface area contributed by atoms with E-state index in [4.69, 9.17) is 4.74 Å². The van der Waals surface area contributed by atoms with Gasteiger partial charge in [0.1, 0.15) is 0 Å². The van der Waals surface area contributed by atoms with Gasteiger partial charge in [0, 0.05) is 24.5 Å². The zero-order valence-corrected chi connectivity index (χ0v) is 13.2. The van der Waals surface area contributed by atoms with E-state index in [2.05, 4.69) is 20.3 Å². The van der Waals surface area contributed by atoms with Crippen LogP contribution in [0.4, 0.5) is 5.95 Å². The SMILES string of the molecule is CCOC(=O)c1cnc(NCCc2csc(C)n2)nc1C. The summed E-state index contributed by atoms with van der Waals surface area (Å²) in [5, 5.41) is 6.25. The maximum atomic E-state index is 11.6. The second-order valence-electron chi connectivity index (χ2n) is 4.45. The molecule has 0 atom stereocenters. The molecule has 0 aliphatic carbocycles. The average Bonchev–Trinajstić information content (AvgIpc) is 2.85. The molecule has 0 fully saturated rings. The van der Waals surface area contributed by atoms with Gasteiger partial charge >= 0.3 is 5.97 Å². The maximum absolute atomic E-state index is 11.6. The highest BCUT2D eigenvalue weighted by atomic mass is 32.1. The van der Waals surface area contributed by atoms with Crippen molar-refractivity contribution in [2.75, 3.05) is 18.5 Å². The van der Waals surface area contributed by atoms with Crippen LogP contribution in [0.5, 0.6) is 0 Å². The zero-order valence-electron chi connectivity index (χ0n) is 12.3. The van der Waals surface area contributed by atoms with Crippen molar-refractivity contribution in [1.29, 1.82) is 0 Å². The number of nitrogens with one attached hydrogen (secondary N) is 1. The van der Waals surface area contributed by atoms with Gasteiger partial charge in [0.25, 0.3) is 0 Å². The van der Waals surface area contributed by atoms with Crippen molar-refractivity contribution >= 4 is 23.3 Å². The molecule has 0 aromatic carbocycles. The van der Waals surface area contributed by atoms with E-state index in [0.717, 1.165) is 17.1 Å². The normalized spacial score (nSPS) is 10.4. The van der Waals surface area contributed by atoms with E-state index in [1.54, 1.807) is 25.2 Å². The first-order valence-corrected chi connectivity index (χ1v) is 7.63. The monoisotopic (exact) mass is 306 g/mol. The molecule has 0 unspecified atom stereocenters. The van der Waals surface area contributed by atoms with Crippen molar-refractivity contribution in [2.45, 2.75) is 27.2 Å². The Labute approximate surface area is 127 Å². The number of hydrogen-bond donors (Lipinski definition) is 1. The molecule has 0 saturated carbocycles. The highest BCUT2D eigenvalue weighted by Gasteiger charge is 2.12. The molecule has 112 valence electrons. The molecule has 0 aliphatic heterocycles. The number of hydrogen-bond acceptors (Lipinski definition) is 7. The fourth-order valence-corrected chi connectivity index (χ4v) is 2.43. The van der Waals surface area contributed by atoms with Gasteiger partial charge in [0.05, 0.1) is 28.6 Å². The van der Waals surface area contributed by atoms with Crippen LogP contribution in [-0.2, 0) is 11.2 Å². The number of carbonyl (C=O) groups is 1. The van der Waals surface area contributed by atoms with Gasteiger partial charge in [-0.3, -0.25) is 0 Å². The van der Waals surface area contributed by atoms with Crippen LogP contribution in [0.2, 0.25) is 0 Å². The first-order valence-electron chi connectivity index (χ1n) is 6.75. The van der Waals surface area contributed by atoms with E-state index in [1.807, 2.05) is 12.3 Å². The van der Waals surface area contributed by atoms with Crippen LogP contribution in [0.25, 0.3) is 0 Å². The first-order chi connectivity index (χ1) is 10.1. The Morgan fingerprint density at radius 2 is 2.19 bits per heavy atom. The molecule has 0 spiro atoms. The van der Waals surface area contributed by atoms with E-state index >= 15 is 0 Å². The highest BCUT2D eigenvalue weighted by molar-refractivity contribution is 7.09. The number of thiazole rings is 1. The third kappa shape index (κ3) is 4.22. The molecule has 7 heteroatoms. The molecule has 1 N–H and O–H groups in total. The molecule has 0 saturated heterocycles. The Balaban J connectivity index is 1.92. The van der Waals surface area contributed by atoms with Gasteiger partial charge in [-0.15, -0.1) is 11.3 Å². The lowest BCUT2D eigenvalue weighted by Gasteiger charge is -2.07. The van der Waals surface area contributed by atoms with Crippen LogP contribution in [-0.4, -0.2) is 34.1 Å². The summed E-state index contributed by atoms with van der Waals surface area (Å²) in [7, 11) is 0. The van der Waals surface area contributed by atoms with Crippen LogP contribution < -0.4 is 5.32 Å². The molecule has 2 aromatic heterocycles. The number of nitrogens with zero attached hydrogens (tertiary/aromatic N) is 3. The molecule has 0 amide bonds. The van der Waals surface area contributed by atoms with E-state index in [-0.39, 0.29) is 5.97 Å². The fraction of sp³-hybridized carbons (Fsp3) is 0.429. The number of aromatic nitrogens is 3. The number of ether oxygens (including phenoxy) is 1. The molecule has 2 heterocycles. The van der Waals surface area contributed by atoms with Gasteiger partial charge in [-0.1, -0.05) is 0 Å². The maximum Gasteiger partial charge on any atom is 0.341 e. The number of aryl methyl sites for hydroxylation is 2. The van der Waals surface area contributed by atoms with Crippen LogP contribution >= 0.6 is 11.3 Å². The molecular formula is C14H18N4O2S. The Morgan fingerprint density at radius 3 is 2.81 bits per heavy atom. The highest BCUT2D eigenvalue weighted by Crippen LogP contribution is 2.10. The number of anilines is 1. The Hall–Kier alpha value is -2.02. The minimum atomic E-state index is -0.389. The second-order valence-corrected chi connectivity index (χ2v) is 5.51. The summed E-state index contributed by atoms with van der Waals surface area (Å²) in [5.41, 5.74) is 2.07. The van der Waals surface area contributed by atoms with Crippen LogP contribution in [0.15, 0.2) is 11.6 Å². The van der Waals surface area contributed by atoms with Gasteiger partial charge in [0.2, 0.25) is 5.95 Å². The van der Waals surface area contributed by atoms with E-state index in [1.165, 1.54) is 6.20 Å². The van der Waals surface area contributed by atoms with E-state index in [9.17, 15) is 4.79 Å². The second kappa shape index (κ2) is 7.12. The standard InChI is InChI=1S/C14H18N4O2S/c1-4-20-13(19)12-7-16-14(17-9(12)2)15-6-5-11-8-21-10(3)18-11/h7-8H,4-6H2,1-3H3,(H,15,16,17). The molecule has 0 bridgehead atoms. The number of rotatable bonds is 6.